The largest absolute Gasteiger partial charge is 0.462 e. The number of para-hydroxylation sites is 2. The predicted octanol–water partition coefficient (Wildman–Crippen LogP) is 7.83. The summed E-state index contributed by atoms with van der Waals surface area (Å²) in [4.78, 5) is 26.9. The van der Waals surface area contributed by atoms with Crippen LogP contribution in [0.1, 0.15) is 32.1 Å². The molecule has 40 heavy (non-hydrogen) atoms. The Bertz CT molecular complexity index is 1460. The lowest BCUT2D eigenvalue weighted by atomic mass is 10.1. The molecule has 2 aromatic heterocycles. The molecule has 6 nitrogen and oxygen atoms in total. The number of hydrogen-bond acceptors (Lipinski definition) is 4. The number of aryl methyl sites for hydroxylation is 2. The molecule has 0 spiro atoms. The Kier molecular flexibility index (Phi) is 8.61. The number of ether oxygens (including phenoxy) is 2. The molecule has 0 bridgehead atoms. The third kappa shape index (κ3) is 6.50. The summed E-state index contributed by atoms with van der Waals surface area (Å²) < 4.78 is 15.6. The van der Waals surface area contributed by atoms with Gasteiger partial charge in [-0.05, 0) is 36.4 Å². The van der Waals surface area contributed by atoms with E-state index in [9.17, 15) is 9.59 Å². The van der Waals surface area contributed by atoms with Crippen molar-refractivity contribution in [2.75, 3.05) is 13.2 Å². The number of hydrogen-bond donors (Lipinski definition) is 0. The standard InChI is InChI=1S/C32H42N2O4Si2/c1-33-25-15-11-9-13-23(25)29(31(35)37-19-21-39(3,4)5)27(33)17-18-28-30(32(36)38-20-22-40(6,7)8)24-14-10-12-16-26(24)34(28)2/h9-18H,19-22H2,1-8H3. The Morgan fingerprint density at radius 2 is 1.00 bits per heavy atom. The first-order chi connectivity index (χ1) is 18.8. The molecule has 8 heteroatoms. The molecule has 0 saturated heterocycles. The summed E-state index contributed by atoms with van der Waals surface area (Å²) in [6.07, 6.45) is 3.84. The molecule has 2 heterocycles. The highest BCUT2D eigenvalue weighted by molar-refractivity contribution is 6.76. The fourth-order valence-electron chi connectivity index (χ4n) is 4.85. The summed E-state index contributed by atoms with van der Waals surface area (Å²) in [5.41, 5.74) is 4.46. The molecule has 0 aliphatic carbocycles. The molecule has 0 unspecified atom stereocenters. The van der Waals surface area contributed by atoms with Crippen molar-refractivity contribution in [2.24, 2.45) is 14.1 Å². The quantitative estimate of drug-likeness (QED) is 0.143. The van der Waals surface area contributed by atoms with Gasteiger partial charge in [-0.1, -0.05) is 75.7 Å². The summed E-state index contributed by atoms with van der Waals surface area (Å²) in [6.45, 7) is 14.4. The topological polar surface area (TPSA) is 62.5 Å². The maximum absolute atomic E-state index is 13.4. The van der Waals surface area contributed by atoms with Crippen molar-refractivity contribution in [3.63, 3.8) is 0 Å². The van der Waals surface area contributed by atoms with Gasteiger partial charge in [0.25, 0.3) is 0 Å². The van der Waals surface area contributed by atoms with E-state index in [1.807, 2.05) is 83.9 Å². The first-order valence-electron chi connectivity index (χ1n) is 14.0. The Morgan fingerprint density at radius 3 is 1.35 bits per heavy atom. The molecule has 0 fully saturated rings. The summed E-state index contributed by atoms with van der Waals surface area (Å²) in [5.74, 6) is -0.643. The Labute approximate surface area is 239 Å². The van der Waals surface area contributed by atoms with E-state index >= 15 is 0 Å². The number of fused-ring (bicyclic) bond motifs is 2. The molecular weight excluding hydrogens is 533 g/mol. The van der Waals surface area contributed by atoms with Crippen molar-refractivity contribution >= 4 is 62.0 Å². The Hall–Kier alpha value is -3.37. The van der Waals surface area contributed by atoms with E-state index in [-0.39, 0.29) is 11.9 Å². The normalized spacial score (nSPS) is 12.5. The van der Waals surface area contributed by atoms with Crippen LogP contribution in [0.5, 0.6) is 0 Å². The van der Waals surface area contributed by atoms with Gasteiger partial charge >= 0.3 is 11.9 Å². The highest BCUT2D eigenvalue weighted by Gasteiger charge is 2.25. The number of aromatic nitrogens is 2. The lowest BCUT2D eigenvalue weighted by Crippen LogP contribution is -2.23. The number of rotatable bonds is 10. The number of esters is 2. The smallest absolute Gasteiger partial charge is 0.340 e. The molecule has 212 valence electrons. The minimum atomic E-state index is -1.35. The highest BCUT2D eigenvalue weighted by Crippen LogP contribution is 2.31. The van der Waals surface area contributed by atoms with Gasteiger partial charge in [0.2, 0.25) is 0 Å². The molecular formula is C32H42N2O4Si2. The maximum Gasteiger partial charge on any atom is 0.340 e. The number of benzene rings is 2. The van der Waals surface area contributed by atoms with Crippen LogP contribution in [0.15, 0.2) is 48.5 Å². The first-order valence-corrected chi connectivity index (χ1v) is 21.4. The van der Waals surface area contributed by atoms with Crippen molar-refractivity contribution < 1.29 is 19.1 Å². The van der Waals surface area contributed by atoms with Crippen molar-refractivity contribution in [1.29, 1.82) is 0 Å². The van der Waals surface area contributed by atoms with E-state index in [4.69, 9.17) is 9.47 Å². The van der Waals surface area contributed by atoms with Crippen LogP contribution in [0.2, 0.25) is 51.4 Å². The van der Waals surface area contributed by atoms with Gasteiger partial charge in [0, 0.05) is 52.0 Å². The SMILES string of the molecule is Cn1c(C=Cc2c(C(=O)OCC[Si](C)(C)C)c3ccccc3n2C)c(C(=O)OCC[Si](C)(C)C)c2ccccc21. The van der Waals surface area contributed by atoms with Crippen LogP contribution < -0.4 is 0 Å². The van der Waals surface area contributed by atoms with E-state index in [0.29, 0.717) is 24.3 Å². The zero-order valence-electron chi connectivity index (χ0n) is 25.1. The van der Waals surface area contributed by atoms with E-state index in [0.717, 1.165) is 45.3 Å². The van der Waals surface area contributed by atoms with Gasteiger partial charge in [-0.2, -0.15) is 0 Å². The van der Waals surface area contributed by atoms with Crippen molar-refractivity contribution in [1.82, 2.24) is 9.13 Å². The fraction of sp³-hybridized carbons (Fsp3) is 0.375. The summed E-state index contributed by atoms with van der Waals surface area (Å²) in [5, 5.41) is 1.70. The van der Waals surface area contributed by atoms with Crippen molar-refractivity contribution in [2.45, 2.75) is 51.4 Å². The van der Waals surface area contributed by atoms with Crippen LogP contribution in [-0.4, -0.2) is 50.4 Å². The molecule has 0 saturated carbocycles. The minimum absolute atomic E-state index is 0.322. The second kappa shape index (κ2) is 11.6. The molecule has 0 radical (unpaired) electrons. The predicted molar refractivity (Wildman–Crippen MR) is 172 cm³/mol. The highest BCUT2D eigenvalue weighted by atomic mass is 28.3. The van der Waals surface area contributed by atoms with E-state index in [1.165, 1.54) is 0 Å². The first kappa shape index (κ1) is 29.6. The van der Waals surface area contributed by atoms with Crippen LogP contribution in [0.4, 0.5) is 0 Å². The van der Waals surface area contributed by atoms with Crippen molar-refractivity contribution in [3.8, 4) is 0 Å². The van der Waals surface area contributed by atoms with Crippen LogP contribution in [0.3, 0.4) is 0 Å². The van der Waals surface area contributed by atoms with Crippen LogP contribution in [-0.2, 0) is 23.6 Å². The summed E-state index contributed by atoms with van der Waals surface area (Å²) >= 11 is 0. The molecule has 2 aromatic carbocycles. The summed E-state index contributed by atoms with van der Waals surface area (Å²) in [6, 6.07) is 17.6. The molecule has 0 amide bonds. The van der Waals surface area contributed by atoms with E-state index in [1.54, 1.807) is 0 Å². The Balaban J connectivity index is 1.76. The van der Waals surface area contributed by atoms with Gasteiger partial charge in [-0.3, -0.25) is 0 Å². The second-order valence-corrected chi connectivity index (χ2v) is 24.1. The zero-order valence-corrected chi connectivity index (χ0v) is 27.1. The molecule has 0 aliphatic heterocycles. The van der Waals surface area contributed by atoms with E-state index in [2.05, 4.69) is 39.3 Å². The summed E-state index contributed by atoms with van der Waals surface area (Å²) in [7, 11) is 1.21. The fourth-order valence-corrected chi connectivity index (χ4v) is 6.28. The molecule has 4 aromatic rings. The van der Waals surface area contributed by atoms with Gasteiger partial charge in [-0.15, -0.1) is 0 Å². The lowest BCUT2D eigenvalue weighted by molar-refractivity contribution is 0.0517. The van der Waals surface area contributed by atoms with Gasteiger partial charge in [0.1, 0.15) is 0 Å². The third-order valence-corrected chi connectivity index (χ3v) is 10.7. The number of nitrogens with zero attached hydrogens (tertiary/aromatic N) is 2. The maximum atomic E-state index is 13.4. The average Bonchev–Trinajstić information content (AvgIpc) is 3.32. The van der Waals surface area contributed by atoms with Gasteiger partial charge in [-0.25, -0.2) is 9.59 Å². The average molecular weight is 575 g/mol. The van der Waals surface area contributed by atoms with Gasteiger partial charge < -0.3 is 18.6 Å². The zero-order chi connectivity index (χ0) is 29.2. The number of carbonyl (C=O) groups is 2. The van der Waals surface area contributed by atoms with Gasteiger partial charge in [0.15, 0.2) is 0 Å². The monoisotopic (exact) mass is 574 g/mol. The molecule has 4 rings (SSSR count). The number of carbonyl (C=O) groups excluding carboxylic acids is 2. The molecule has 0 aliphatic rings. The van der Waals surface area contributed by atoms with E-state index < -0.39 is 16.1 Å². The minimum Gasteiger partial charge on any atom is -0.462 e. The van der Waals surface area contributed by atoms with Crippen LogP contribution in [0.25, 0.3) is 34.0 Å². The molecule has 0 N–H and O–H groups in total. The Morgan fingerprint density at radius 1 is 0.650 bits per heavy atom. The molecule has 0 atom stereocenters. The third-order valence-electron chi connectivity index (χ3n) is 7.28. The van der Waals surface area contributed by atoms with Crippen molar-refractivity contribution in [3.05, 3.63) is 71.0 Å². The van der Waals surface area contributed by atoms with Crippen LogP contribution in [0, 0.1) is 0 Å². The van der Waals surface area contributed by atoms with Crippen LogP contribution >= 0.6 is 0 Å². The van der Waals surface area contributed by atoms with Gasteiger partial charge in [0.05, 0.1) is 35.7 Å². The second-order valence-electron chi connectivity index (χ2n) is 12.9. The lowest BCUT2D eigenvalue weighted by Gasteiger charge is -2.15.